The molecule has 4 heteroatoms. The fraction of sp³-hybridized carbons (Fsp3) is 0.368. The third kappa shape index (κ3) is 4.09. The van der Waals surface area contributed by atoms with Gasteiger partial charge < -0.3 is 20.5 Å². The molecule has 23 heavy (non-hydrogen) atoms. The fourth-order valence-electron chi connectivity index (χ4n) is 2.54. The number of hydrogen-bond donors (Lipinski definition) is 2. The van der Waals surface area contributed by atoms with Gasteiger partial charge in [0.1, 0.15) is 0 Å². The van der Waals surface area contributed by atoms with Crippen LogP contribution in [0, 0.1) is 0 Å². The molecule has 2 rings (SSSR count). The van der Waals surface area contributed by atoms with Crippen LogP contribution in [0.25, 0.3) is 0 Å². The Morgan fingerprint density at radius 2 is 1.91 bits per heavy atom. The molecule has 0 unspecified atom stereocenters. The predicted octanol–water partition coefficient (Wildman–Crippen LogP) is 4.41. The summed E-state index contributed by atoms with van der Waals surface area (Å²) < 4.78 is 10.9. The molecule has 0 radical (unpaired) electrons. The van der Waals surface area contributed by atoms with E-state index in [4.69, 9.17) is 15.2 Å². The Hall–Kier alpha value is -2.36. The third-order valence-corrected chi connectivity index (χ3v) is 3.77. The van der Waals surface area contributed by atoms with Crippen LogP contribution < -0.4 is 20.5 Å². The van der Waals surface area contributed by atoms with Crippen LogP contribution in [0.4, 0.5) is 11.4 Å². The Kier molecular flexibility index (Phi) is 5.74. The summed E-state index contributed by atoms with van der Waals surface area (Å²) in [4.78, 5) is 0. The summed E-state index contributed by atoms with van der Waals surface area (Å²) in [6, 6.07) is 12.1. The molecule has 2 aromatic carbocycles. The lowest BCUT2D eigenvalue weighted by Crippen LogP contribution is -2.06. The third-order valence-electron chi connectivity index (χ3n) is 3.77. The monoisotopic (exact) mass is 314 g/mol. The lowest BCUT2D eigenvalue weighted by atomic mass is 10.0. The summed E-state index contributed by atoms with van der Waals surface area (Å²) in [6.07, 6.45) is 0. The molecule has 124 valence electrons. The van der Waals surface area contributed by atoms with E-state index in [9.17, 15) is 0 Å². The van der Waals surface area contributed by atoms with Crippen molar-refractivity contribution in [3.05, 3.63) is 47.5 Å². The molecule has 0 spiro atoms. The Bertz CT molecular complexity index is 654. The van der Waals surface area contributed by atoms with Crippen molar-refractivity contribution < 1.29 is 9.47 Å². The van der Waals surface area contributed by atoms with E-state index < -0.39 is 0 Å². The summed E-state index contributed by atoms with van der Waals surface area (Å²) >= 11 is 0. The van der Waals surface area contributed by atoms with Crippen LogP contribution in [0.5, 0.6) is 11.5 Å². The largest absolute Gasteiger partial charge is 0.493 e. The average Bonchev–Trinajstić information content (AvgIpc) is 2.54. The second-order valence-electron chi connectivity index (χ2n) is 5.73. The van der Waals surface area contributed by atoms with E-state index in [-0.39, 0.29) is 0 Å². The summed E-state index contributed by atoms with van der Waals surface area (Å²) in [6.45, 7) is 7.54. The normalized spacial score (nSPS) is 10.7. The van der Waals surface area contributed by atoms with Crippen LogP contribution in [0.2, 0.25) is 0 Å². The molecular weight excluding hydrogens is 288 g/mol. The summed E-state index contributed by atoms with van der Waals surface area (Å²) in [5.74, 6) is 1.91. The maximum atomic E-state index is 6.26. The second-order valence-corrected chi connectivity index (χ2v) is 5.73. The lowest BCUT2D eigenvalue weighted by molar-refractivity contribution is 0.310. The molecule has 2 aromatic rings. The molecular formula is C19H26N2O2. The van der Waals surface area contributed by atoms with E-state index >= 15 is 0 Å². The molecule has 0 saturated carbocycles. The molecule has 0 bridgehead atoms. The maximum Gasteiger partial charge on any atom is 0.161 e. The zero-order valence-electron chi connectivity index (χ0n) is 14.3. The average molecular weight is 314 g/mol. The highest BCUT2D eigenvalue weighted by atomic mass is 16.5. The topological polar surface area (TPSA) is 56.5 Å². The van der Waals surface area contributed by atoms with Crippen molar-refractivity contribution >= 4 is 11.4 Å². The van der Waals surface area contributed by atoms with Crippen molar-refractivity contribution in [3.63, 3.8) is 0 Å². The van der Waals surface area contributed by atoms with E-state index in [2.05, 4.69) is 25.2 Å². The van der Waals surface area contributed by atoms with Crippen molar-refractivity contribution in [1.82, 2.24) is 0 Å². The van der Waals surface area contributed by atoms with E-state index in [0.717, 1.165) is 28.4 Å². The van der Waals surface area contributed by atoms with Crippen LogP contribution >= 0.6 is 0 Å². The molecule has 0 aliphatic rings. The van der Waals surface area contributed by atoms with Gasteiger partial charge in [-0.1, -0.05) is 32.0 Å². The van der Waals surface area contributed by atoms with Crippen molar-refractivity contribution in [2.45, 2.75) is 33.2 Å². The minimum absolute atomic E-state index is 0.405. The number of nitrogens with one attached hydrogen (secondary N) is 1. The number of nitrogen functional groups attached to an aromatic ring is 1. The number of ether oxygens (including phenoxy) is 2. The van der Waals surface area contributed by atoms with Gasteiger partial charge in [0.15, 0.2) is 11.5 Å². The Labute approximate surface area is 138 Å². The SMILES string of the molecule is CCOc1cc(CNc2cccc(C(C)C)c2N)ccc1OC. The van der Waals surface area contributed by atoms with Crippen LogP contribution in [-0.4, -0.2) is 13.7 Å². The standard InChI is InChI=1S/C19H26N2O2/c1-5-23-18-11-14(9-10-17(18)22-4)12-21-16-8-6-7-15(13(2)3)19(16)20/h6-11,13,21H,5,12,20H2,1-4H3. The van der Waals surface area contributed by atoms with Gasteiger partial charge in [0, 0.05) is 6.54 Å². The summed E-state index contributed by atoms with van der Waals surface area (Å²) in [5, 5.41) is 3.41. The number of para-hydroxylation sites is 1. The van der Waals surface area contributed by atoms with Crippen molar-refractivity contribution in [1.29, 1.82) is 0 Å². The molecule has 0 heterocycles. The van der Waals surface area contributed by atoms with Gasteiger partial charge in [0.05, 0.1) is 25.1 Å². The number of anilines is 2. The molecule has 3 N–H and O–H groups in total. The highest BCUT2D eigenvalue weighted by Gasteiger charge is 2.09. The van der Waals surface area contributed by atoms with Crippen LogP contribution in [0.1, 0.15) is 37.8 Å². The van der Waals surface area contributed by atoms with Gasteiger partial charge in [-0.05, 0) is 42.2 Å². The smallest absolute Gasteiger partial charge is 0.161 e. The molecule has 0 atom stereocenters. The second kappa shape index (κ2) is 7.77. The summed E-state index contributed by atoms with van der Waals surface area (Å²) in [7, 11) is 1.65. The molecule has 0 aliphatic heterocycles. The van der Waals surface area contributed by atoms with Gasteiger partial charge in [-0.2, -0.15) is 0 Å². The Morgan fingerprint density at radius 3 is 2.57 bits per heavy atom. The van der Waals surface area contributed by atoms with Gasteiger partial charge >= 0.3 is 0 Å². The number of nitrogens with two attached hydrogens (primary N) is 1. The van der Waals surface area contributed by atoms with Gasteiger partial charge in [0.2, 0.25) is 0 Å². The Balaban J connectivity index is 2.15. The van der Waals surface area contributed by atoms with Crippen LogP contribution in [0.15, 0.2) is 36.4 Å². The molecule has 0 fully saturated rings. The van der Waals surface area contributed by atoms with E-state index in [1.165, 1.54) is 5.56 Å². The van der Waals surface area contributed by atoms with Gasteiger partial charge in [0.25, 0.3) is 0 Å². The number of methoxy groups -OCH3 is 1. The van der Waals surface area contributed by atoms with Gasteiger partial charge in [-0.3, -0.25) is 0 Å². The molecule has 0 aliphatic carbocycles. The lowest BCUT2D eigenvalue weighted by Gasteiger charge is -2.16. The first kappa shape index (κ1) is 17.0. The van der Waals surface area contributed by atoms with E-state index in [1.807, 2.05) is 37.3 Å². The van der Waals surface area contributed by atoms with Crippen LogP contribution in [-0.2, 0) is 6.54 Å². The molecule has 4 nitrogen and oxygen atoms in total. The fourth-order valence-corrected chi connectivity index (χ4v) is 2.54. The summed E-state index contributed by atoms with van der Waals surface area (Å²) in [5.41, 5.74) is 10.3. The molecule has 0 aromatic heterocycles. The quantitative estimate of drug-likeness (QED) is 0.743. The molecule has 0 amide bonds. The minimum Gasteiger partial charge on any atom is -0.493 e. The zero-order chi connectivity index (χ0) is 16.8. The number of rotatable bonds is 7. The number of hydrogen-bond acceptors (Lipinski definition) is 4. The van der Waals surface area contributed by atoms with E-state index in [0.29, 0.717) is 19.1 Å². The first-order valence-corrected chi connectivity index (χ1v) is 7.98. The first-order valence-electron chi connectivity index (χ1n) is 7.98. The predicted molar refractivity (Wildman–Crippen MR) is 96.4 cm³/mol. The highest BCUT2D eigenvalue weighted by Crippen LogP contribution is 2.30. The molecule has 0 saturated heterocycles. The highest BCUT2D eigenvalue weighted by molar-refractivity contribution is 5.70. The van der Waals surface area contributed by atoms with Gasteiger partial charge in [-0.25, -0.2) is 0 Å². The van der Waals surface area contributed by atoms with Crippen molar-refractivity contribution in [3.8, 4) is 11.5 Å². The van der Waals surface area contributed by atoms with Crippen molar-refractivity contribution in [2.75, 3.05) is 24.8 Å². The Morgan fingerprint density at radius 1 is 1.13 bits per heavy atom. The van der Waals surface area contributed by atoms with Crippen molar-refractivity contribution in [2.24, 2.45) is 0 Å². The maximum absolute atomic E-state index is 6.26. The minimum atomic E-state index is 0.405. The zero-order valence-corrected chi connectivity index (χ0v) is 14.3. The first-order chi connectivity index (χ1) is 11.1. The van der Waals surface area contributed by atoms with Gasteiger partial charge in [-0.15, -0.1) is 0 Å². The van der Waals surface area contributed by atoms with E-state index in [1.54, 1.807) is 7.11 Å². The number of benzene rings is 2. The van der Waals surface area contributed by atoms with Crippen LogP contribution in [0.3, 0.4) is 0 Å².